The van der Waals surface area contributed by atoms with Gasteiger partial charge in [0.2, 0.25) is 0 Å². The summed E-state index contributed by atoms with van der Waals surface area (Å²) < 4.78 is 6.17. The largest absolute Gasteiger partial charge is 0.542 e. The number of nitrogens with one attached hydrogen (secondary N) is 1. The molecule has 0 atom stereocenters. The van der Waals surface area contributed by atoms with E-state index in [1.54, 1.807) is 6.07 Å². The molecular weight excluding hydrogens is 256 g/mol. The number of benzene rings is 1. The van der Waals surface area contributed by atoms with E-state index in [4.69, 9.17) is 15.7 Å². The van der Waals surface area contributed by atoms with Crippen molar-refractivity contribution in [3.05, 3.63) is 23.8 Å². The summed E-state index contributed by atoms with van der Waals surface area (Å²) >= 11 is 0. The van der Waals surface area contributed by atoms with Crippen molar-refractivity contribution >= 4 is 20.2 Å². The van der Waals surface area contributed by atoms with Gasteiger partial charge in [-0.2, -0.15) is 5.53 Å². The Kier molecular flexibility index (Phi) is 4.46. The third-order valence-electron chi connectivity index (χ3n) is 3.47. The van der Waals surface area contributed by atoms with Crippen molar-refractivity contribution in [3.8, 4) is 5.75 Å². The molecule has 3 N–H and O–H groups in total. The zero-order valence-corrected chi connectivity index (χ0v) is 13.2. The minimum absolute atomic E-state index is 0.129. The van der Waals surface area contributed by atoms with Crippen LogP contribution >= 0.6 is 0 Å². The van der Waals surface area contributed by atoms with E-state index in [9.17, 15) is 0 Å². The van der Waals surface area contributed by atoms with Gasteiger partial charge < -0.3 is 10.2 Å². The molecule has 0 spiro atoms. The number of hydrogen-bond donors (Lipinski definition) is 2. The second-order valence-corrected chi connectivity index (χ2v) is 10.7. The second-order valence-electron chi connectivity index (χ2n) is 6.00. The second kappa shape index (κ2) is 5.52. The number of nitrogens with two attached hydrogens (primary N) is 1. The van der Waals surface area contributed by atoms with Crippen LogP contribution in [-0.4, -0.2) is 14.5 Å². The molecule has 0 heterocycles. The minimum atomic E-state index is -1.88. The molecule has 1 rings (SSSR count). The van der Waals surface area contributed by atoms with Crippen LogP contribution in [-0.2, 0) is 0 Å². The maximum Gasteiger partial charge on any atom is 0.250 e. The fourth-order valence-corrected chi connectivity index (χ4v) is 2.31. The van der Waals surface area contributed by atoms with Gasteiger partial charge in [-0.05, 0) is 41.9 Å². The molecule has 0 aliphatic carbocycles. The first-order valence-electron chi connectivity index (χ1n) is 6.16. The highest BCUT2D eigenvalue weighted by molar-refractivity contribution is 6.74. The van der Waals surface area contributed by atoms with Gasteiger partial charge >= 0.3 is 0 Å². The van der Waals surface area contributed by atoms with Gasteiger partial charge in [-0.15, -0.1) is 5.10 Å². The molecule has 0 aliphatic rings. The highest BCUT2D eigenvalue weighted by atomic mass is 28.4. The molecular formula is C13H22N4OSi. The van der Waals surface area contributed by atoms with Gasteiger partial charge in [-0.1, -0.05) is 26.0 Å². The standard InChI is InChI=1S/C13H22N4OSi/c1-13(2,3)19(4,5)18-12-7-6-10(8-11(12)14)9-16-17-15/h6-9,15H,14H2,1-5H3/b16-9+,17-15?. The lowest BCUT2D eigenvalue weighted by Gasteiger charge is -2.36. The van der Waals surface area contributed by atoms with Gasteiger partial charge in [0.1, 0.15) is 5.75 Å². The zero-order valence-electron chi connectivity index (χ0n) is 12.2. The predicted octanol–water partition coefficient (Wildman–Crippen LogP) is 4.02. The number of nitrogens with zero attached hydrogens (tertiary/aromatic N) is 2. The van der Waals surface area contributed by atoms with Crippen LogP contribution in [0.2, 0.25) is 18.1 Å². The quantitative estimate of drug-likeness (QED) is 0.286. The maximum atomic E-state index is 6.61. The molecule has 0 amide bonds. The highest BCUT2D eigenvalue weighted by Crippen LogP contribution is 2.38. The van der Waals surface area contributed by atoms with Crippen LogP contribution < -0.4 is 10.2 Å². The molecule has 0 bridgehead atoms. The molecule has 104 valence electrons. The van der Waals surface area contributed by atoms with E-state index in [0.29, 0.717) is 11.4 Å². The third-order valence-corrected chi connectivity index (χ3v) is 7.81. The first kappa shape index (κ1) is 15.4. The molecule has 1 aromatic carbocycles. The van der Waals surface area contributed by atoms with Gasteiger partial charge in [0.15, 0.2) is 0 Å². The first-order chi connectivity index (χ1) is 8.67. The van der Waals surface area contributed by atoms with Crippen molar-refractivity contribution in [1.29, 1.82) is 5.53 Å². The van der Waals surface area contributed by atoms with E-state index in [1.807, 2.05) is 12.1 Å². The fourth-order valence-electron chi connectivity index (χ4n) is 1.26. The van der Waals surface area contributed by atoms with Gasteiger partial charge in [0, 0.05) is 0 Å². The lowest BCUT2D eigenvalue weighted by Crippen LogP contribution is -2.44. The van der Waals surface area contributed by atoms with E-state index >= 15 is 0 Å². The molecule has 6 heteroatoms. The van der Waals surface area contributed by atoms with Crippen LogP contribution in [0.15, 0.2) is 28.5 Å². The Bertz CT molecular complexity index is 492. The van der Waals surface area contributed by atoms with E-state index < -0.39 is 8.32 Å². The van der Waals surface area contributed by atoms with Crippen molar-refractivity contribution in [2.24, 2.45) is 10.3 Å². The normalized spacial score (nSPS) is 12.7. The molecule has 0 aliphatic heterocycles. The smallest absolute Gasteiger partial charge is 0.250 e. The average Bonchev–Trinajstić information content (AvgIpc) is 2.28. The van der Waals surface area contributed by atoms with E-state index in [0.717, 1.165) is 5.56 Å². The van der Waals surface area contributed by atoms with Gasteiger partial charge in [-0.3, -0.25) is 0 Å². The number of anilines is 1. The molecule has 0 unspecified atom stereocenters. The van der Waals surface area contributed by atoms with Crippen molar-refractivity contribution in [3.63, 3.8) is 0 Å². The lowest BCUT2D eigenvalue weighted by molar-refractivity contribution is 0.494. The number of hydrogen-bond acceptors (Lipinski definition) is 4. The summed E-state index contributed by atoms with van der Waals surface area (Å²) in [4.78, 5) is 0. The first-order valence-corrected chi connectivity index (χ1v) is 9.06. The van der Waals surface area contributed by atoms with Gasteiger partial charge in [-0.25, -0.2) is 0 Å². The van der Waals surface area contributed by atoms with Crippen molar-refractivity contribution < 1.29 is 4.43 Å². The van der Waals surface area contributed by atoms with Crippen LogP contribution in [0.5, 0.6) is 5.75 Å². The predicted molar refractivity (Wildman–Crippen MR) is 81.4 cm³/mol. The lowest BCUT2D eigenvalue weighted by atomic mass is 10.2. The molecule has 0 saturated carbocycles. The van der Waals surface area contributed by atoms with E-state index in [2.05, 4.69) is 44.2 Å². The van der Waals surface area contributed by atoms with Crippen molar-refractivity contribution in [2.45, 2.75) is 38.9 Å². The molecule has 5 nitrogen and oxygen atoms in total. The van der Waals surface area contributed by atoms with Crippen LogP contribution in [0.4, 0.5) is 5.69 Å². The van der Waals surface area contributed by atoms with Crippen LogP contribution in [0, 0.1) is 5.53 Å². The van der Waals surface area contributed by atoms with E-state index in [-0.39, 0.29) is 5.04 Å². The summed E-state index contributed by atoms with van der Waals surface area (Å²) in [6, 6.07) is 5.48. The van der Waals surface area contributed by atoms with Gasteiger partial charge in [0.25, 0.3) is 8.32 Å². The number of rotatable bonds is 4. The molecule has 0 saturated heterocycles. The average molecular weight is 278 g/mol. The number of nitrogen functional groups attached to an aromatic ring is 1. The molecule has 0 radical (unpaired) electrons. The van der Waals surface area contributed by atoms with Gasteiger partial charge in [0.05, 0.1) is 11.9 Å². The summed E-state index contributed by atoms with van der Waals surface area (Å²) in [6.45, 7) is 10.9. The Hall–Kier alpha value is -1.69. The Morgan fingerprint density at radius 3 is 2.42 bits per heavy atom. The molecule has 1 aromatic rings. The summed E-state index contributed by atoms with van der Waals surface area (Å²) in [5.74, 6) is 0.714. The minimum Gasteiger partial charge on any atom is -0.542 e. The SMILES string of the molecule is CC(C)(C)[Si](C)(C)Oc1ccc(/C=N/N=N)cc1N. The Morgan fingerprint density at radius 1 is 1.32 bits per heavy atom. The van der Waals surface area contributed by atoms with Crippen LogP contribution in [0.1, 0.15) is 26.3 Å². The Balaban J connectivity index is 2.98. The monoisotopic (exact) mass is 278 g/mol. The van der Waals surface area contributed by atoms with E-state index in [1.165, 1.54) is 6.21 Å². The topological polar surface area (TPSA) is 83.8 Å². The molecule has 0 fully saturated rings. The Labute approximate surface area is 115 Å². The summed E-state index contributed by atoms with van der Waals surface area (Å²) in [6.07, 6.45) is 1.49. The maximum absolute atomic E-state index is 6.61. The van der Waals surface area contributed by atoms with Crippen LogP contribution in [0.3, 0.4) is 0 Å². The van der Waals surface area contributed by atoms with Crippen LogP contribution in [0.25, 0.3) is 0 Å². The Morgan fingerprint density at radius 2 is 1.95 bits per heavy atom. The highest BCUT2D eigenvalue weighted by Gasteiger charge is 2.39. The zero-order chi connectivity index (χ0) is 14.7. The molecule has 19 heavy (non-hydrogen) atoms. The third kappa shape index (κ3) is 3.89. The van der Waals surface area contributed by atoms with Crippen molar-refractivity contribution in [1.82, 2.24) is 0 Å². The summed E-state index contributed by atoms with van der Waals surface area (Å²) in [7, 11) is -1.88. The summed E-state index contributed by atoms with van der Waals surface area (Å²) in [5.41, 5.74) is 14.0. The summed E-state index contributed by atoms with van der Waals surface area (Å²) in [5, 5.41) is 6.56. The molecule has 0 aromatic heterocycles. The van der Waals surface area contributed by atoms with Crippen molar-refractivity contribution in [2.75, 3.05) is 5.73 Å². The fraction of sp³-hybridized carbons (Fsp3) is 0.462.